The van der Waals surface area contributed by atoms with Gasteiger partial charge in [0, 0.05) is 18.9 Å². The molecule has 30 heavy (non-hydrogen) atoms. The second-order valence-electron chi connectivity index (χ2n) is 7.97. The van der Waals surface area contributed by atoms with Gasteiger partial charge in [0.1, 0.15) is 5.75 Å². The summed E-state index contributed by atoms with van der Waals surface area (Å²) < 4.78 is 5.46. The molecule has 0 fully saturated rings. The van der Waals surface area contributed by atoms with Crippen molar-refractivity contribution in [3.8, 4) is 5.75 Å². The standard InChI is InChI=1S/C26H31NO2.ClH/c1-27(2)20-24(17-21-11-6-4-7-12-21)26(28,19-22-13-8-5-9-14-22)23-15-10-16-25(18-23)29-3;/h4-16,18,24,28H,17,19-20H2,1-3H3;1H/t24-,26+;/m0./s1. The lowest BCUT2D eigenvalue weighted by Gasteiger charge is -2.39. The lowest BCUT2D eigenvalue weighted by atomic mass is 9.74. The highest BCUT2D eigenvalue weighted by molar-refractivity contribution is 5.85. The van der Waals surface area contributed by atoms with E-state index in [0.29, 0.717) is 6.42 Å². The second-order valence-corrected chi connectivity index (χ2v) is 7.97. The molecule has 2 atom stereocenters. The van der Waals surface area contributed by atoms with Crippen molar-refractivity contribution in [1.82, 2.24) is 4.90 Å². The van der Waals surface area contributed by atoms with Crippen molar-refractivity contribution >= 4 is 12.4 Å². The van der Waals surface area contributed by atoms with Gasteiger partial charge < -0.3 is 14.7 Å². The van der Waals surface area contributed by atoms with E-state index in [1.54, 1.807) is 7.11 Å². The Morgan fingerprint density at radius 1 is 0.867 bits per heavy atom. The largest absolute Gasteiger partial charge is 0.497 e. The van der Waals surface area contributed by atoms with Gasteiger partial charge in [0.25, 0.3) is 0 Å². The fraction of sp³-hybridized carbons (Fsp3) is 0.308. The minimum atomic E-state index is -1.03. The zero-order valence-corrected chi connectivity index (χ0v) is 18.8. The third-order valence-corrected chi connectivity index (χ3v) is 5.47. The molecule has 1 N–H and O–H groups in total. The Labute approximate surface area is 186 Å². The Morgan fingerprint density at radius 3 is 2.03 bits per heavy atom. The van der Waals surface area contributed by atoms with Crippen molar-refractivity contribution in [3.05, 3.63) is 102 Å². The molecule has 0 saturated heterocycles. The summed E-state index contributed by atoms with van der Waals surface area (Å²) in [6, 6.07) is 28.5. The van der Waals surface area contributed by atoms with Crippen LogP contribution in [0.4, 0.5) is 0 Å². The van der Waals surface area contributed by atoms with E-state index in [9.17, 15) is 5.11 Å². The van der Waals surface area contributed by atoms with Crippen molar-refractivity contribution in [1.29, 1.82) is 0 Å². The van der Waals surface area contributed by atoms with E-state index >= 15 is 0 Å². The van der Waals surface area contributed by atoms with Crippen LogP contribution in [0, 0.1) is 5.92 Å². The average molecular weight is 426 g/mol. The Balaban J connectivity index is 0.00000320. The molecule has 0 spiro atoms. The number of halogens is 1. The van der Waals surface area contributed by atoms with Gasteiger partial charge in [-0.1, -0.05) is 72.8 Å². The molecule has 0 saturated carbocycles. The van der Waals surface area contributed by atoms with E-state index in [0.717, 1.165) is 29.8 Å². The van der Waals surface area contributed by atoms with E-state index < -0.39 is 5.60 Å². The van der Waals surface area contributed by atoms with Crippen molar-refractivity contribution in [2.45, 2.75) is 18.4 Å². The van der Waals surface area contributed by atoms with Crippen molar-refractivity contribution in [2.75, 3.05) is 27.7 Å². The molecular formula is C26H32ClNO2. The maximum absolute atomic E-state index is 12.2. The first-order valence-electron chi connectivity index (χ1n) is 10.1. The Bertz CT molecular complexity index is 886. The van der Waals surface area contributed by atoms with E-state index in [-0.39, 0.29) is 18.3 Å². The van der Waals surface area contributed by atoms with Crippen LogP contribution in [0.5, 0.6) is 5.75 Å². The fourth-order valence-corrected chi connectivity index (χ4v) is 4.01. The highest BCUT2D eigenvalue weighted by atomic mass is 35.5. The van der Waals surface area contributed by atoms with Crippen LogP contribution >= 0.6 is 12.4 Å². The maximum atomic E-state index is 12.2. The summed E-state index contributed by atoms with van der Waals surface area (Å²) in [5, 5.41) is 12.2. The average Bonchev–Trinajstić information content (AvgIpc) is 2.74. The number of benzene rings is 3. The third-order valence-electron chi connectivity index (χ3n) is 5.47. The molecule has 0 aromatic heterocycles. The third kappa shape index (κ3) is 6.09. The molecule has 0 heterocycles. The van der Waals surface area contributed by atoms with Crippen molar-refractivity contribution in [3.63, 3.8) is 0 Å². The predicted molar refractivity (Wildman–Crippen MR) is 126 cm³/mol. The minimum Gasteiger partial charge on any atom is -0.497 e. The number of rotatable bonds is 9. The molecule has 0 bridgehead atoms. The number of methoxy groups -OCH3 is 1. The molecule has 0 aliphatic rings. The van der Waals surface area contributed by atoms with E-state index in [4.69, 9.17) is 4.74 Å². The second kappa shape index (κ2) is 11.2. The molecule has 3 nitrogen and oxygen atoms in total. The number of hydrogen-bond acceptors (Lipinski definition) is 3. The first-order valence-corrected chi connectivity index (χ1v) is 10.1. The summed E-state index contributed by atoms with van der Waals surface area (Å²) in [7, 11) is 5.79. The molecule has 0 aliphatic carbocycles. The quantitative estimate of drug-likeness (QED) is 0.525. The zero-order chi connectivity index (χ0) is 20.7. The first kappa shape index (κ1) is 23.9. The van der Waals surface area contributed by atoms with Crippen LogP contribution < -0.4 is 4.74 Å². The lowest BCUT2D eigenvalue weighted by molar-refractivity contribution is -0.0331. The molecule has 0 unspecified atom stereocenters. The first-order chi connectivity index (χ1) is 14.0. The normalized spacial score (nSPS) is 13.9. The van der Waals surface area contributed by atoms with Crippen LogP contribution in [0.2, 0.25) is 0 Å². The van der Waals surface area contributed by atoms with Gasteiger partial charge in [-0.25, -0.2) is 0 Å². The van der Waals surface area contributed by atoms with Crippen LogP contribution in [-0.4, -0.2) is 37.8 Å². The van der Waals surface area contributed by atoms with Crippen LogP contribution in [0.25, 0.3) is 0 Å². The van der Waals surface area contributed by atoms with Gasteiger partial charge in [-0.3, -0.25) is 0 Å². The Morgan fingerprint density at radius 2 is 1.47 bits per heavy atom. The molecule has 0 aliphatic heterocycles. The van der Waals surface area contributed by atoms with E-state index in [1.165, 1.54) is 5.56 Å². The van der Waals surface area contributed by atoms with Crippen LogP contribution in [0.15, 0.2) is 84.9 Å². The zero-order valence-electron chi connectivity index (χ0n) is 18.0. The highest BCUT2D eigenvalue weighted by Gasteiger charge is 2.39. The molecule has 4 heteroatoms. The number of nitrogens with zero attached hydrogens (tertiary/aromatic N) is 1. The smallest absolute Gasteiger partial charge is 0.119 e. The van der Waals surface area contributed by atoms with Crippen LogP contribution in [0.3, 0.4) is 0 Å². The van der Waals surface area contributed by atoms with E-state index in [1.807, 2.05) is 48.5 Å². The summed E-state index contributed by atoms with van der Waals surface area (Å²) in [5.41, 5.74) is 2.21. The summed E-state index contributed by atoms with van der Waals surface area (Å²) in [6.45, 7) is 0.773. The molecule has 3 rings (SSSR count). The highest BCUT2D eigenvalue weighted by Crippen LogP contribution is 2.37. The monoisotopic (exact) mass is 425 g/mol. The van der Waals surface area contributed by atoms with Gasteiger partial charge in [-0.05, 0) is 49.3 Å². The summed E-state index contributed by atoms with van der Waals surface area (Å²) in [6.07, 6.45) is 1.34. The summed E-state index contributed by atoms with van der Waals surface area (Å²) in [5.74, 6) is 0.768. The number of ether oxygens (including phenoxy) is 1. The molecule has 3 aromatic rings. The van der Waals surface area contributed by atoms with E-state index in [2.05, 4.69) is 55.4 Å². The van der Waals surface area contributed by atoms with Crippen molar-refractivity contribution < 1.29 is 9.84 Å². The summed E-state index contributed by atoms with van der Waals surface area (Å²) >= 11 is 0. The van der Waals surface area contributed by atoms with Gasteiger partial charge >= 0.3 is 0 Å². The van der Waals surface area contributed by atoms with Gasteiger partial charge in [0.15, 0.2) is 0 Å². The van der Waals surface area contributed by atoms with Crippen molar-refractivity contribution in [2.24, 2.45) is 5.92 Å². The SMILES string of the molecule is COc1cccc([C@](O)(Cc2ccccc2)[C@@H](Cc2ccccc2)CN(C)C)c1.Cl. The minimum absolute atomic E-state index is 0. The lowest BCUT2D eigenvalue weighted by Crippen LogP contribution is -2.43. The van der Waals surface area contributed by atoms with Gasteiger partial charge in [0.05, 0.1) is 12.7 Å². The molecule has 160 valence electrons. The Kier molecular flexibility index (Phi) is 8.91. The molecule has 0 radical (unpaired) electrons. The molecule has 0 amide bonds. The van der Waals surface area contributed by atoms with Gasteiger partial charge in [-0.15, -0.1) is 12.4 Å². The predicted octanol–water partition coefficient (Wildman–Crippen LogP) is 4.97. The van der Waals surface area contributed by atoms with Gasteiger partial charge in [0.2, 0.25) is 0 Å². The Hall–Kier alpha value is -2.33. The molecule has 3 aromatic carbocycles. The fourth-order valence-electron chi connectivity index (χ4n) is 4.01. The number of hydrogen-bond donors (Lipinski definition) is 1. The topological polar surface area (TPSA) is 32.7 Å². The van der Waals surface area contributed by atoms with Crippen LogP contribution in [-0.2, 0) is 18.4 Å². The maximum Gasteiger partial charge on any atom is 0.119 e. The molecular weight excluding hydrogens is 394 g/mol. The van der Waals surface area contributed by atoms with Gasteiger partial charge in [-0.2, -0.15) is 0 Å². The summed E-state index contributed by atoms with van der Waals surface area (Å²) in [4.78, 5) is 2.16. The number of aliphatic hydroxyl groups is 1. The van der Waals surface area contributed by atoms with Crippen LogP contribution in [0.1, 0.15) is 16.7 Å².